The summed E-state index contributed by atoms with van der Waals surface area (Å²) in [6, 6.07) is 11.8. The van der Waals surface area contributed by atoms with Crippen LogP contribution in [0.2, 0.25) is 0 Å². The highest BCUT2D eigenvalue weighted by atomic mass is 16.5. The maximum absolute atomic E-state index is 10.7. The lowest BCUT2D eigenvalue weighted by molar-refractivity contribution is 0.350. The molecule has 0 radical (unpaired) electrons. The zero-order valence-electron chi connectivity index (χ0n) is 14.8. The number of ether oxygens (including phenoxy) is 2. The third kappa shape index (κ3) is 2.62. The average molecular weight is 349 g/mol. The molecule has 0 fully saturated rings. The molecule has 3 unspecified atom stereocenters. The van der Waals surface area contributed by atoms with Crippen LogP contribution >= 0.6 is 0 Å². The number of rotatable bonds is 5. The number of hydrogen-bond acceptors (Lipinski definition) is 4. The van der Waals surface area contributed by atoms with Gasteiger partial charge in [-0.05, 0) is 30.0 Å². The van der Waals surface area contributed by atoms with Gasteiger partial charge >= 0.3 is 0 Å². The molecule has 2 N–H and O–H groups in total. The lowest BCUT2D eigenvalue weighted by Gasteiger charge is -2.38. The fourth-order valence-corrected chi connectivity index (χ4v) is 4.12. The number of methoxy groups -OCH3 is 1. The van der Waals surface area contributed by atoms with E-state index in [0.717, 1.165) is 23.4 Å². The summed E-state index contributed by atoms with van der Waals surface area (Å²) >= 11 is 0. The van der Waals surface area contributed by atoms with Gasteiger partial charge in [-0.15, -0.1) is 0 Å². The number of anilines is 1. The van der Waals surface area contributed by atoms with Gasteiger partial charge in [-0.25, -0.2) is 0 Å². The molecule has 26 heavy (non-hydrogen) atoms. The van der Waals surface area contributed by atoms with E-state index in [0.29, 0.717) is 24.2 Å². The van der Waals surface area contributed by atoms with Gasteiger partial charge in [0.25, 0.3) is 0 Å². The Morgan fingerprint density at radius 1 is 1.19 bits per heavy atom. The molecule has 0 aromatic heterocycles. The maximum atomic E-state index is 10.7. The predicted molar refractivity (Wildman–Crippen MR) is 103 cm³/mol. The van der Waals surface area contributed by atoms with Crippen LogP contribution in [0.1, 0.15) is 29.5 Å². The zero-order valence-corrected chi connectivity index (χ0v) is 14.8. The van der Waals surface area contributed by atoms with E-state index in [4.69, 9.17) is 9.47 Å². The first-order valence-corrected chi connectivity index (χ1v) is 8.90. The van der Waals surface area contributed by atoms with E-state index in [1.165, 1.54) is 5.56 Å². The Labute approximate surface area is 153 Å². The molecule has 0 amide bonds. The summed E-state index contributed by atoms with van der Waals surface area (Å²) in [5.74, 6) is 2.15. The number of para-hydroxylation sites is 2. The lowest BCUT2D eigenvalue weighted by Crippen LogP contribution is -2.29. The molecule has 4 rings (SSSR count). The van der Waals surface area contributed by atoms with Gasteiger partial charge in [-0.2, -0.15) is 0 Å². The summed E-state index contributed by atoms with van der Waals surface area (Å²) in [6.45, 7) is 4.19. The second-order valence-corrected chi connectivity index (χ2v) is 6.69. The van der Waals surface area contributed by atoms with Crippen LogP contribution in [0.3, 0.4) is 0 Å². The summed E-state index contributed by atoms with van der Waals surface area (Å²) in [7, 11) is 1.57. The predicted octanol–water partition coefficient (Wildman–Crippen LogP) is 4.79. The highest BCUT2D eigenvalue weighted by molar-refractivity contribution is 5.68. The second-order valence-electron chi connectivity index (χ2n) is 6.69. The topological polar surface area (TPSA) is 50.7 Å². The normalized spacial score (nSPS) is 22.9. The average Bonchev–Trinajstić information content (AvgIpc) is 3.16. The molecule has 2 aromatic rings. The molecule has 134 valence electrons. The summed E-state index contributed by atoms with van der Waals surface area (Å²) in [5.41, 5.74) is 3.09. The van der Waals surface area contributed by atoms with E-state index >= 15 is 0 Å². The van der Waals surface area contributed by atoms with Crippen molar-refractivity contribution in [1.29, 1.82) is 0 Å². The molecule has 0 saturated carbocycles. The number of phenols is 1. The molecular weight excluding hydrogens is 326 g/mol. The molecule has 4 nitrogen and oxygen atoms in total. The minimum atomic E-state index is -0.0221. The Balaban J connectivity index is 1.79. The Hall–Kier alpha value is -2.88. The highest BCUT2D eigenvalue weighted by Crippen LogP contribution is 2.53. The maximum Gasteiger partial charge on any atom is 0.163 e. The summed E-state index contributed by atoms with van der Waals surface area (Å²) in [5, 5.41) is 14.3. The van der Waals surface area contributed by atoms with Crippen molar-refractivity contribution in [2.24, 2.45) is 5.92 Å². The van der Waals surface area contributed by atoms with Crippen molar-refractivity contribution in [3.05, 3.63) is 72.3 Å². The number of nitrogens with one attached hydrogen (secondary N) is 1. The summed E-state index contributed by atoms with van der Waals surface area (Å²) < 4.78 is 11.2. The first-order chi connectivity index (χ1) is 12.7. The third-order valence-electron chi connectivity index (χ3n) is 5.30. The molecule has 1 heterocycles. The quantitative estimate of drug-likeness (QED) is 0.762. The molecule has 4 heteroatoms. The van der Waals surface area contributed by atoms with E-state index in [9.17, 15) is 5.11 Å². The molecular formula is C22H23NO3. The van der Waals surface area contributed by atoms with Gasteiger partial charge < -0.3 is 19.9 Å². The second kappa shape index (κ2) is 6.79. The van der Waals surface area contributed by atoms with E-state index in [1.54, 1.807) is 19.3 Å². The van der Waals surface area contributed by atoms with E-state index in [2.05, 4.69) is 30.1 Å². The first-order valence-electron chi connectivity index (χ1n) is 8.90. The fourth-order valence-electron chi connectivity index (χ4n) is 4.12. The number of phenolic OH excluding ortho intramolecular Hbond substituents is 1. The first kappa shape index (κ1) is 16.6. The molecule has 2 aliphatic rings. The SMILES string of the molecule is C=CCOc1cccc2c1NC(c1cccc(OC)c1O)C1CC=CC21. The van der Waals surface area contributed by atoms with Gasteiger partial charge in [0.1, 0.15) is 12.4 Å². The van der Waals surface area contributed by atoms with Crippen LogP contribution < -0.4 is 14.8 Å². The summed E-state index contributed by atoms with van der Waals surface area (Å²) in [4.78, 5) is 0. The van der Waals surface area contributed by atoms with Gasteiger partial charge in [0.15, 0.2) is 11.5 Å². The smallest absolute Gasteiger partial charge is 0.163 e. The number of aromatic hydroxyl groups is 1. The van der Waals surface area contributed by atoms with Crippen LogP contribution in [0, 0.1) is 5.92 Å². The van der Waals surface area contributed by atoms with Crippen molar-refractivity contribution in [3.63, 3.8) is 0 Å². The molecule has 0 bridgehead atoms. The van der Waals surface area contributed by atoms with Gasteiger partial charge in [0, 0.05) is 11.5 Å². The Morgan fingerprint density at radius 2 is 1.96 bits per heavy atom. The number of hydrogen-bond donors (Lipinski definition) is 2. The minimum Gasteiger partial charge on any atom is -0.504 e. The van der Waals surface area contributed by atoms with Gasteiger partial charge in [0.2, 0.25) is 0 Å². The van der Waals surface area contributed by atoms with E-state index in [1.807, 2.05) is 24.3 Å². The van der Waals surface area contributed by atoms with Gasteiger partial charge in [-0.3, -0.25) is 0 Å². The van der Waals surface area contributed by atoms with Crippen molar-refractivity contribution >= 4 is 5.69 Å². The van der Waals surface area contributed by atoms with Crippen LogP contribution in [-0.2, 0) is 0 Å². The molecule has 3 atom stereocenters. The number of allylic oxidation sites excluding steroid dienone is 2. The van der Waals surface area contributed by atoms with Gasteiger partial charge in [0.05, 0.1) is 18.8 Å². The molecule has 0 saturated heterocycles. The zero-order chi connectivity index (χ0) is 18.1. The van der Waals surface area contributed by atoms with Crippen LogP contribution in [0.5, 0.6) is 17.2 Å². The molecule has 1 aliphatic heterocycles. The van der Waals surface area contributed by atoms with Crippen LogP contribution in [0.25, 0.3) is 0 Å². The molecule has 2 aromatic carbocycles. The van der Waals surface area contributed by atoms with E-state index < -0.39 is 0 Å². The lowest BCUT2D eigenvalue weighted by atomic mass is 9.76. The Kier molecular flexibility index (Phi) is 4.33. The third-order valence-corrected chi connectivity index (χ3v) is 5.30. The largest absolute Gasteiger partial charge is 0.504 e. The fraction of sp³-hybridized carbons (Fsp3) is 0.273. The number of fused-ring (bicyclic) bond motifs is 3. The van der Waals surface area contributed by atoms with Gasteiger partial charge in [-0.1, -0.05) is 49.1 Å². The Morgan fingerprint density at radius 3 is 2.73 bits per heavy atom. The van der Waals surface area contributed by atoms with Crippen LogP contribution in [0.4, 0.5) is 5.69 Å². The van der Waals surface area contributed by atoms with Crippen molar-refractivity contribution in [2.75, 3.05) is 19.0 Å². The Bertz CT molecular complexity index is 858. The minimum absolute atomic E-state index is 0.0221. The standard InChI is InChI=1S/C22H23NO3/c1-3-13-26-18-11-5-9-16-14-7-4-8-15(14)20(23-21(16)18)17-10-6-12-19(25-2)22(17)24/h3-7,9-12,14-15,20,23-24H,1,8,13H2,2H3. The summed E-state index contributed by atoms with van der Waals surface area (Å²) in [6.07, 6.45) is 7.21. The molecule has 1 aliphatic carbocycles. The van der Waals surface area contributed by atoms with E-state index in [-0.39, 0.29) is 11.8 Å². The van der Waals surface area contributed by atoms with Crippen LogP contribution in [-0.4, -0.2) is 18.8 Å². The monoisotopic (exact) mass is 349 g/mol. The number of benzene rings is 2. The van der Waals surface area contributed by atoms with Crippen molar-refractivity contribution < 1.29 is 14.6 Å². The van der Waals surface area contributed by atoms with Crippen molar-refractivity contribution in [1.82, 2.24) is 0 Å². The highest BCUT2D eigenvalue weighted by Gasteiger charge is 2.40. The van der Waals surface area contributed by atoms with Crippen molar-refractivity contribution in [3.8, 4) is 17.2 Å². The van der Waals surface area contributed by atoms with Crippen molar-refractivity contribution in [2.45, 2.75) is 18.4 Å². The molecule has 0 spiro atoms. The van der Waals surface area contributed by atoms with Crippen LogP contribution in [0.15, 0.2) is 61.2 Å².